The van der Waals surface area contributed by atoms with E-state index < -0.39 is 12.1 Å². The smallest absolute Gasteiger partial charge is 0.325 e. The molecule has 1 aromatic heterocycles. The maximum Gasteiger partial charge on any atom is 0.325 e. The van der Waals surface area contributed by atoms with Crippen LogP contribution in [0, 0.1) is 0 Å². The number of benzene rings is 1. The van der Waals surface area contributed by atoms with E-state index in [0.29, 0.717) is 17.3 Å². The van der Waals surface area contributed by atoms with Gasteiger partial charge in [0.1, 0.15) is 11.8 Å². The predicted octanol–water partition coefficient (Wildman–Crippen LogP) is 1.94. The van der Waals surface area contributed by atoms with Gasteiger partial charge in [0.05, 0.1) is 32.6 Å². The third kappa shape index (κ3) is 4.81. The summed E-state index contributed by atoms with van der Waals surface area (Å²) >= 11 is 0. The molecule has 0 saturated carbocycles. The Morgan fingerprint density at radius 3 is 2.66 bits per heavy atom. The summed E-state index contributed by atoms with van der Waals surface area (Å²) in [6.07, 6.45) is 1.75. The van der Waals surface area contributed by atoms with Crippen molar-refractivity contribution in [3.63, 3.8) is 0 Å². The van der Waals surface area contributed by atoms with Crippen LogP contribution in [0.4, 0.5) is 10.5 Å². The molecule has 9 heteroatoms. The number of nitrogens with one attached hydrogen (secondary N) is 2. The van der Waals surface area contributed by atoms with Crippen molar-refractivity contribution in [1.29, 1.82) is 0 Å². The summed E-state index contributed by atoms with van der Waals surface area (Å²) in [5.41, 5.74) is 1.25. The monoisotopic (exact) mass is 398 g/mol. The number of nitrogens with zero attached hydrogens (tertiary/aromatic N) is 2. The highest BCUT2D eigenvalue weighted by Gasteiger charge is 2.38. The summed E-state index contributed by atoms with van der Waals surface area (Å²) < 4.78 is 10.2. The first-order chi connectivity index (χ1) is 14.0. The molecule has 0 bridgehead atoms. The van der Waals surface area contributed by atoms with Crippen LogP contribution in [0.1, 0.15) is 18.4 Å². The Morgan fingerprint density at radius 1 is 1.17 bits per heavy atom. The third-order valence-corrected chi connectivity index (χ3v) is 4.52. The fraction of sp³-hybridized carbons (Fsp3) is 0.300. The number of urea groups is 1. The number of anilines is 1. The zero-order valence-electron chi connectivity index (χ0n) is 16.2. The molecule has 1 aliphatic rings. The summed E-state index contributed by atoms with van der Waals surface area (Å²) in [5, 5.41) is 5.33. The highest BCUT2D eigenvalue weighted by molar-refractivity contribution is 6.04. The van der Waals surface area contributed by atoms with Crippen LogP contribution in [0.5, 0.6) is 11.6 Å². The molecule has 2 N–H and O–H groups in total. The van der Waals surface area contributed by atoms with Crippen molar-refractivity contribution in [2.45, 2.75) is 25.4 Å². The van der Waals surface area contributed by atoms with Crippen molar-refractivity contribution in [2.24, 2.45) is 0 Å². The molecule has 1 aromatic carbocycles. The largest absolute Gasteiger partial charge is 0.496 e. The summed E-state index contributed by atoms with van der Waals surface area (Å²) in [6.45, 7) is 0.106. The topological polar surface area (TPSA) is 110 Å². The highest BCUT2D eigenvalue weighted by Crippen LogP contribution is 2.22. The molecule has 4 amide bonds. The van der Waals surface area contributed by atoms with Crippen molar-refractivity contribution < 1.29 is 23.9 Å². The molecular formula is C20H22N4O5. The molecule has 9 nitrogen and oxygen atoms in total. The Hall–Kier alpha value is -3.62. The van der Waals surface area contributed by atoms with Gasteiger partial charge < -0.3 is 20.1 Å². The zero-order chi connectivity index (χ0) is 20.8. The maximum atomic E-state index is 12.6. The Balaban J connectivity index is 1.54. The first-order valence-electron chi connectivity index (χ1n) is 9.05. The molecule has 0 radical (unpaired) electrons. The second kappa shape index (κ2) is 9.05. The van der Waals surface area contributed by atoms with Crippen LogP contribution in [-0.4, -0.2) is 48.0 Å². The summed E-state index contributed by atoms with van der Waals surface area (Å²) in [6, 6.07) is 9.27. The van der Waals surface area contributed by atoms with Crippen molar-refractivity contribution in [2.75, 3.05) is 19.5 Å². The number of carbonyl (C=O) groups excluding carboxylic acids is 3. The van der Waals surface area contributed by atoms with Gasteiger partial charge in [-0.05, 0) is 18.6 Å². The van der Waals surface area contributed by atoms with E-state index in [-0.39, 0.29) is 31.2 Å². The number of aromatic nitrogens is 1. The minimum atomic E-state index is -0.739. The molecule has 0 aliphatic carbocycles. The summed E-state index contributed by atoms with van der Waals surface area (Å²) in [7, 11) is 3.04. The first kappa shape index (κ1) is 20.1. The van der Waals surface area contributed by atoms with Gasteiger partial charge >= 0.3 is 6.03 Å². The number of imide groups is 1. The second-order valence-electron chi connectivity index (χ2n) is 6.41. The van der Waals surface area contributed by atoms with Gasteiger partial charge in [0.2, 0.25) is 11.8 Å². The summed E-state index contributed by atoms with van der Waals surface area (Å²) in [4.78, 5) is 42.1. The lowest BCUT2D eigenvalue weighted by molar-refractivity contribution is -0.128. The fourth-order valence-electron chi connectivity index (χ4n) is 3.00. The SMILES string of the molecule is COc1ccc(NC(=O)CC[C@H]2NC(=O)N(Cc3ccccc3OC)C2=O)cn1. The average molecular weight is 398 g/mol. The van der Waals surface area contributed by atoms with Gasteiger partial charge in [-0.2, -0.15) is 0 Å². The zero-order valence-corrected chi connectivity index (χ0v) is 16.2. The van der Waals surface area contributed by atoms with Gasteiger partial charge in [0.25, 0.3) is 5.91 Å². The number of rotatable bonds is 8. The van der Waals surface area contributed by atoms with Gasteiger partial charge in [0.15, 0.2) is 0 Å². The van der Waals surface area contributed by atoms with E-state index in [0.717, 1.165) is 10.5 Å². The van der Waals surface area contributed by atoms with Crippen LogP contribution in [0.15, 0.2) is 42.6 Å². The van der Waals surface area contributed by atoms with Crippen LogP contribution < -0.4 is 20.1 Å². The van der Waals surface area contributed by atoms with E-state index >= 15 is 0 Å². The number of methoxy groups -OCH3 is 2. The molecule has 1 atom stereocenters. The number of hydrogen-bond acceptors (Lipinski definition) is 6. The van der Waals surface area contributed by atoms with Gasteiger partial charge in [-0.25, -0.2) is 9.78 Å². The van der Waals surface area contributed by atoms with Gasteiger partial charge in [0, 0.05) is 18.1 Å². The molecule has 1 saturated heterocycles. The lowest BCUT2D eigenvalue weighted by Crippen LogP contribution is -2.31. The number of carbonyl (C=O) groups is 3. The van der Waals surface area contributed by atoms with Crippen LogP contribution >= 0.6 is 0 Å². The minimum Gasteiger partial charge on any atom is -0.496 e. The van der Waals surface area contributed by atoms with Crippen molar-refractivity contribution in [3.05, 3.63) is 48.2 Å². The normalized spacial score (nSPS) is 15.8. The lowest BCUT2D eigenvalue weighted by atomic mass is 10.1. The number of ether oxygens (including phenoxy) is 2. The Morgan fingerprint density at radius 2 is 1.97 bits per heavy atom. The van der Waals surface area contributed by atoms with Crippen LogP contribution in [0.3, 0.4) is 0 Å². The molecule has 1 aliphatic heterocycles. The van der Waals surface area contributed by atoms with Crippen molar-refractivity contribution >= 4 is 23.5 Å². The molecule has 0 unspecified atom stereocenters. The number of amides is 4. The van der Waals surface area contributed by atoms with E-state index in [1.165, 1.54) is 20.4 Å². The quantitative estimate of drug-likeness (QED) is 0.658. The Labute approximate surface area is 168 Å². The number of pyridine rings is 1. The molecule has 3 rings (SSSR count). The average Bonchev–Trinajstić information content (AvgIpc) is 3.00. The number of hydrogen-bond donors (Lipinski definition) is 2. The molecular weight excluding hydrogens is 376 g/mol. The van der Waals surface area contributed by atoms with Crippen LogP contribution in [0.2, 0.25) is 0 Å². The molecule has 1 fully saturated rings. The van der Waals surface area contributed by atoms with Crippen LogP contribution in [-0.2, 0) is 16.1 Å². The maximum absolute atomic E-state index is 12.6. The minimum absolute atomic E-state index is 0.0746. The van der Waals surface area contributed by atoms with E-state index in [2.05, 4.69) is 15.6 Å². The standard InChI is InChI=1S/C20H22N4O5/c1-28-16-6-4-3-5-13(16)12-24-19(26)15(23-20(24)27)8-9-17(25)22-14-7-10-18(29-2)21-11-14/h3-7,10-11,15H,8-9,12H2,1-2H3,(H,22,25)(H,23,27)/t15-/m1/s1. The Bertz CT molecular complexity index is 900. The van der Waals surface area contributed by atoms with Crippen molar-refractivity contribution in [1.82, 2.24) is 15.2 Å². The van der Waals surface area contributed by atoms with Gasteiger partial charge in [-0.1, -0.05) is 18.2 Å². The first-order valence-corrected chi connectivity index (χ1v) is 9.05. The highest BCUT2D eigenvalue weighted by atomic mass is 16.5. The van der Waals surface area contributed by atoms with Gasteiger partial charge in [-0.15, -0.1) is 0 Å². The fourth-order valence-corrected chi connectivity index (χ4v) is 3.00. The molecule has 2 heterocycles. The van der Waals surface area contributed by atoms with Gasteiger partial charge in [-0.3, -0.25) is 14.5 Å². The van der Waals surface area contributed by atoms with Crippen molar-refractivity contribution in [3.8, 4) is 11.6 Å². The molecule has 152 valence electrons. The molecule has 2 aromatic rings. The summed E-state index contributed by atoms with van der Waals surface area (Å²) in [5.74, 6) is 0.406. The van der Waals surface area contributed by atoms with E-state index in [4.69, 9.17) is 9.47 Å². The van der Waals surface area contributed by atoms with Crippen LogP contribution in [0.25, 0.3) is 0 Å². The lowest BCUT2D eigenvalue weighted by Gasteiger charge is -2.15. The molecule has 0 spiro atoms. The predicted molar refractivity (Wildman–Crippen MR) is 105 cm³/mol. The Kier molecular flexibility index (Phi) is 6.28. The number of para-hydroxylation sites is 1. The second-order valence-corrected chi connectivity index (χ2v) is 6.41. The van der Waals surface area contributed by atoms with E-state index in [1.807, 2.05) is 12.1 Å². The van der Waals surface area contributed by atoms with E-state index in [1.54, 1.807) is 24.3 Å². The van der Waals surface area contributed by atoms with E-state index in [9.17, 15) is 14.4 Å². The third-order valence-electron chi connectivity index (χ3n) is 4.52. The molecule has 29 heavy (non-hydrogen) atoms.